The highest BCUT2D eigenvalue weighted by Crippen LogP contribution is 2.27. The number of fused-ring (bicyclic) bond motifs is 1. The quantitative estimate of drug-likeness (QED) is 0.690. The molecule has 1 N–H and O–H groups in total. The van der Waals surface area contributed by atoms with Gasteiger partial charge in [0.2, 0.25) is 15.9 Å². The average molecular weight is 458 g/mol. The summed E-state index contributed by atoms with van der Waals surface area (Å²) in [5.41, 5.74) is 3.42. The molecule has 1 unspecified atom stereocenters. The molecule has 1 fully saturated rings. The van der Waals surface area contributed by atoms with Crippen molar-refractivity contribution in [2.45, 2.75) is 43.7 Å². The summed E-state index contributed by atoms with van der Waals surface area (Å²) in [4.78, 5) is 15.1. The first-order chi connectivity index (χ1) is 15.4. The molecule has 2 aromatic carbocycles. The lowest BCUT2D eigenvalue weighted by molar-refractivity contribution is -0.126. The zero-order chi connectivity index (χ0) is 22.7. The molecule has 1 aliphatic carbocycles. The van der Waals surface area contributed by atoms with E-state index < -0.39 is 10.0 Å². The largest absolute Gasteiger partial charge is 0.497 e. The lowest BCUT2D eigenvalue weighted by Crippen LogP contribution is -2.54. The van der Waals surface area contributed by atoms with Gasteiger partial charge in [-0.15, -0.1) is 0 Å². The van der Waals surface area contributed by atoms with Crippen molar-refractivity contribution in [3.8, 4) is 5.75 Å². The molecule has 0 bridgehead atoms. The average Bonchev–Trinajstić information content (AvgIpc) is 3.30. The van der Waals surface area contributed by atoms with Crippen LogP contribution in [-0.4, -0.2) is 62.9 Å². The van der Waals surface area contributed by atoms with Gasteiger partial charge >= 0.3 is 0 Å². The number of nitrogens with zero attached hydrogens (tertiary/aromatic N) is 2. The number of carbonyl (C=O) groups is 1. The smallest absolute Gasteiger partial charge is 0.243 e. The number of ether oxygens (including phenoxy) is 1. The van der Waals surface area contributed by atoms with Gasteiger partial charge in [0.25, 0.3) is 0 Å². The maximum Gasteiger partial charge on any atom is 0.243 e. The van der Waals surface area contributed by atoms with E-state index in [2.05, 4.69) is 5.32 Å². The third kappa shape index (κ3) is 4.82. The van der Waals surface area contributed by atoms with Crippen molar-refractivity contribution in [2.24, 2.45) is 0 Å². The van der Waals surface area contributed by atoms with E-state index >= 15 is 0 Å². The van der Waals surface area contributed by atoms with E-state index in [0.717, 1.165) is 36.1 Å². The van der Waals surface area contributed by atoms with E-state index in [1.54, 1.807) is 17.5 Å². The number of rotatable bonds is 7. The second kappa shape index (κ2) is 9.60. The predicted octanol–water partition coefficient (Wildman–Crippen LogP) is 2.20. The Labute approximate surface area is 190 Å². The summed E-state index contributed by atoms with van der Waals surface area (Å²) in [6.07, 6.45) is 3.08. The number of hydrogen-bond donors (Lipinski definition) is 1. The van der Waals surface area contributed by atoms with Crippen LogP contribution in [0.1, 0.15) is 30.0 Å². The molecule has 32 heavy (non-hydrogen) atoms. The maximum absolute atomic E-state index is 13.1. The normalized spacial score (nSPS) is 18.2. The maximum atomic E-state index is 13.1. The second-order valence-corrected chi connectivity index (χ2v) is 10.4. The number of methoxy groups -OCH3 is 1. The summed E-state index contributed by atoms with van der Waals surface area (Å²) >= 11 is 0. The Kier molecular flexibility index (Phi) is 6.83. The summed E-state index contributed by atoms with van der Waals surface area (Å²) in [7, 11) is -1.89. The predicted molar refractivity (Wildman–Crippen MR) is 123 cm³/mol. The number of aryl methyl sites for hydroxylation is 2. The van der Waals surface area contributed by atoms with Crippen molar-refractivity contribution < 1.29 is 17.9 Å². The molecule has 8 heteroatoms. The van der Waals surface area contributed by atoms with Gasteiger partial charge < -0.3 is 10.1 Å². The van der Waals surface area contributed by atoms with E-state index in [1.807, 2.05) is 48.2 Å². The van der Waals surface area contributed by atoms with Crippen molar-refractivity contribution in [1.82, 2.24) is 14.5 Å². The van der Waals surface area contributed by atoms with E-state index in [0.29, 0.717) is 37.6 Å². The van der Waals surface area contributed by atoms with Crippen LogP contribution in [0.25, 0.3) is 0 Å². The standard InChI is InChI=1S/C24H31N3O4S/c1-18(24(28)25-17-19-6-9-22(31-2)10-7-19)26-12-14-27(15-13-26)32(29,30)23-11-8-20-4-3-5-21(20)16-23/h6-11,16,18H,3-5,12-15,17H2,1-2H3,(H,25,28). The van der Waals surface area contributed by atoms with Crippen LogP contribution in [0.15, 0.2) is 47.4 Å². The van der Waals surface area contributed by atoms with Crippen LogP contribution in [0.4, 0.5) is 0 Å². The highest BCUT2D eigenvalue weighted by molar-refractivity contribution is 7.89. The van der Waals surface area contributed by atoms with Gasteiger partial charge in [-0.25, -0.2) is 8.42 Å². The topological polar surface area (TPSA) is 79.0 Å². The molecule has 7 nitrogen and oxygen atoms in total. The molecule has 1 atom stereocenters. The molecular formula is C24H31N3O4S. The Morgan fingerprint density at radius 3 is 2.41 bits per heavy atom. The number of hydrogen-bond acceptors (Lipinski definition) is 5. The van der Waals surface area contributed by atoms with Gasteiger partial charge in [0.1, 0.15) is 5.75 Å². The van der Waals surface area contributed by atoms with Gasteiger partial charge in [0, 0.05) is 32.7 Å². The second-order valence-electron chi connectivity index (χ2n) is 8.47. The van der Waals surface area contributed by atoms with Crippen molar-refractivity contribution in [1.29, 1.82) is 0 Å². The third-order valence-electron chi connectivity index (χ3n) is 6.53. The summed E-state index contributed by atoms with van der Waals surface area (Å²) in [6.45, 7) is 4.14. The molecule has 1 aliphatic heterocycles. The lowest BCUT2D eigenvalue weighted by Gasteiger charge is -2.36. The van der Waals surface area contributed by atoms with Crippen LogP contribution in [-0.2, 0) is 34.2 Å². The van der Waals surface area contributed by atoms with E-state index in [-0.39, 0.29) is 11.9 Å². The molecule has 4 rings (SSSR count). The molecule has 1 saturated heterocycles. The monoisotopic (exact) mass is 457 g/mol. The van der Waals surface area contributed by atoms with E-state index in [9.17, 15) is 13.2 Å². The highest BCUT2D eigenvalue weighted by Gasteiger charge is 2.32. The number of piperazine rings is 1. The molecule has 1 heterocycles. The Bertz CT molecular complexity index is 1060. The van der Waals surface area contributed by atoms with Crippen LogP contribution in [0.3, 0.4) is 0 Å². The SMILES string of the molecule is COc1ccc(CNC(=O)C(C)N2CCN(S(=O)(=O)c3ccc4c(c3)CCC4)CC2)cc1. The minimum atomic E-state index is -3.51. The first-order valence-electron chi connectivity index (χ1n) is 11.1. The van der Waals surface area contributed by atoms with Gasteiger partial charge in [-0.2, -0.15) is 4.31 Å². The molecule has 2 aliphatic rings. The van der Waals surface area contributed by atoms with Crippen molar-refractivity contribution in [3.05, 3.63) is 59.2 Å². The lowest BCUT2D eigenvalue weighted by atomic mass is 10.1. The van der Waals surface area contributed by atoms with Crippen LogP contribution in [0.5, 0.6) is 5.75 Å². The Morgan fingerprint density at radius 2 is 1.72 bits per heavy atom. The molecule has 0 aromatic heterocycles. The summed E-state index contributed by atoms with van der Waals surface area (Å²) < 4.78 is 32.9. The molecular weight excluding hydrogens is 426 g/mol. The van der Waals surface area contributed by atoms with Crippen molar-refractivity contribution >= 4 is 15.9 Å². The number of benzene rings is 2. The summed E-state index contributed by atoms with van der Waals surface area (Å²) in [5, 5.41) is 2.97. The minimum Gasteiger partial charge on any atom is -0.497 e. The first-order valence-corrected chi connectivity index (χ1v) is 12.6. The zero-order valence-corrected chi connectivity index (χ0v) is 19.5. The van der Waals surface area contributed by atoms with Gasteiger partial charge in [-0.3, -0.25) is 9.69 Å². The van der Waals surface area contributed by atoms with E-state index in [1.165, 1.54) is 5.56 Å². The Morgan fingerprint density at radius 1 is 1.03 bits per heavy atom. The third-order valence-corrected chi connectivity index (χ3v) is 8.43. The summed E-state index contributed by atoms with van der Waals surface area (Å²) in [6, 6.07) is 12.8. The van der Waals surface area contributed by atoms with Gasteiger partial charge in [0.05, 0.1) is 18.0 Å². The van der Waals surface area contributed by atoms with Crippen LogP contribution >= 0.6 is 0 Å². The highest BCUT2D eigenvalue weighted by atomic mass is 32.2. The fourth-order valence-electron chi connectivity index (χ4n) is 4.44. The van der Waals surface area contributed by atoms with Gasteiger partial charge in [0.15, 0.2) is 0 Å². The van der Waals surface area contributed by atoms with Gasteiger partial charge in [-0.05, 0) is 67.1 Å². The van der Waals surface area contributed by atoms with Gasteiger partial charge in [-0.1, -0.05) is 18.2 Å². The van der Waals surface area contributed by atoms with Crippen molar-refractivity contribution in [2.75, 3.05) is 33.3 Å². The van der Waals surface area contributed by atoms with Crippen molar-refractivity contribution in [3.63, 3.8) is 0 Å². The van der Waals surface area contributed by atoms with Crippen LogP contribution in [0.2, 0.25) is 0 Å². The Balaban J connectivity index is 1.30. The molecule has 0 spiro atoms. The fourth-order valence-corrected chi connectivity index (χ4v) is 5.91. The molecule has 172 valence electrons. The summed E-state index contributed by atoms with van der Waals surface area (Å²) in [5.74, 6) is 0.719. The number of nitrogens with one attached hydrogen (secondary N) is 1. The Hall–Kier alpha value is -2.42. The molecule has 2 aromatic rings. The molecule has 0 saturated carbocycles. The number of sulfonamides is 1. The molecule has 1 amide bonds. The van der Waals surface area contributed by atoms with Crippen LogP contribution < -0.4 is 10.1 Å². The number of carbonyl (C=O) groups excluding carboxylic acids is 1. The van der Waals surface area contributed by atoms with E-state index in [4.69, 9.17) is 4.74 Å². The zero-order valence-electron chi connectivity index (χ0n) is 18.7. The van der Waals surface area contributed by atoms with Crippen LogP contribution in [0, 0.1) is 0 Å². The first kappa shape index (κ1) is 22.8. The fraction of sp³-hybridized carbons (Fsp3) is 0.458. The number of amides is 1. The molecule has 0 radical (unpaired) electrons. The minimum absolute atomic E-state index is 0.0595.